The number of fused-ring (bicyclic) bond motifs is 1. The number of rotatable bonds is 2. The number of H-pyrrole nitrogens is 1. The molecular weight excluding hydrogens is 318 g/mol. The minimum atomic E-state index is -0.0117. The van der Waals surface area contributed by atoms with E-state index in [2.05, 4.69) is 31.4 Å². The number of nitrogens with one attached hydrogen (secondary N) is 2. The molecule has 0 aliphatic heterocycles. The van der Waals surface area contributed by atoms with Gasteiger partial charge in [0.25, 0.3) is 5.91 Å². The van der Waals surface area contributed by atoms with Gasteiger partial charge in [0, 0.05) is 28.2 Å². The minimum absolute atomic E-state index is 0.0117. The van der Waals surface area contributed by atoms with Gasteiger partial charge in [0.05, 0.1) is 6.20 Å². The molecule has 1 heterocycles. The largest absolute Gasteiger partial charge is 0.349 e. The van der Waals surface area contributed by atoms with Crippen LogP contribution in [0, 0.1) is 6.92 Å². The smallest absolute Gasteiger partial charge is 0.251 e. The van der Waals surface area contributed by atoms with E-state index in [1.165, 1.54) is 5.56 Å². The zero-order valence-corrected chi connectivity index (χ0v) is 12.8. The Hall–Kier alpha value is -1.62. The van der Waals surface area contributed by atoms with Crippen LogP contribution >= 0.6 is 15.9 Å². The van der Waals surface area contributed by atoms with Gasteiger partial charge in [-0.05, 0) is 49.1 Å². The molecule has 0 unspecified atom stereocenters. The number of hydrogen-bond donors (Lipinski definition) is 2. The third-order valence-electron chi connectivity index (χ3n) is 3.66. The van der Waals surface area contributed by atoms with Crippen LogP contribution in [0.15, 0.2) is 28.9 Å². The molecule has 1 atom stereocenters. The second-order valence-electron chi connectivity index (χ2n) is 5.30. The maximum absolute atomic E-state index is 12.3. The van der Waals surface area contributed by atoms with E-state index in [1.807, 2.05) is 31.3 Å². The fourth-order valence-electron chi connectivity index (χ4n) is 2.67. The molecule has 4 nitrogen and oxygen atoms in total. The maximum atomic E-state index is 12.3. The first-order chi connectivity index (χ1) is 9.61. The molecule has 1 aromatic heterocycles. The maximum Gasteiger partial charge on any atom is 0.251 e. The van der Waals surface area contributed by atoms with Gasteiger partial charge >= 0.3 is 0 Å². The Morgan fingerprint density at radius 3 is 3.10 bits per heavy atom. The minimum Gasteiger partial charge on any atom is -0.349 e. The predicted octanol–water partition coefficient (Wildman–Crippen LogP) is 2.77. The van der Waals surface area contributed by atoms with Gasteiger partial charge in [-0.2, -0.15) is 5.10 Å². The van der Waals surface area contributed by atoms with Crippen molar-refractivity contribution in [3.63, 3.8) is 0 Å². The Labute approximate surface area is 126 Å². The van der Waals surface area contributed by atoms with Gasteiger partial charge in [-0.1, -0.05) is 15.9 Å². The first-order valence-corrected chi connectivity index (χ1v) is 7.50. The number of carbonyl (C=O) groups excluding carboxylic acids is 1. The summed E-state index contributed by atoms with van der Waals surface area (Å²) >= 11 is 3.43. The van der Waals surface area contributed by atoms with Crippen molar-refractivity contribution in [2.45, 2.75) is 32.2 Å². The Morgan fingerprint density at radius 1 is 1.45 bits per heavy atom. The van der Waals surface area contributed by atoms with Crippen molar-refractivity contribution in [1.29, 1.82) is 0 Å². The van der Waals surface area contributed by atoms with Crippen LogP contribution in [0.4, 0.5) is 0 Å². The van der Waals surface area contributed by atoms with Gasteiger partial charge in [0.15, 0.2) is 0 Å². The van der Waals surface area contributed by atoms with Gasteiger partial charge in [-0.3, -0.25) is 9.89 Å². The summed E-state index contributed by atoms with van der Waals surface area (Å²) in [5, 5.41) is 10.2. The number of aromatic nitrogens is 2. The fourth-order valence-corrected chi connectivity index (χ4v) is 3.28. The molecule has 2 aromatic rings. The standard InChI is InChI=1S/C15H16BrN3O/c1-9-4-11(6-12(16)5-9)15(20)18-13-3-2-10-8-17-19-14(10)7-13/h4-6,8,13H,2-3,7H2,1H3,(H,17,19)(H,18,20)/t13-/m1/s1. The molecule has 3 rings (SSSR count). The first kappa shape index (κ1) is 13.4. The second-order valence-corrected chi connectivity index (χ2v) is 6.22. The molecular formula is C15H16BrN3O. The highest BCUT2D eigenvalue weighted by molar-refractivity contribution is 9.10. The van der Waals surface area contributed by atoms with Crippen molar-refractivity contribution >= 4 is 21.8 Å². The Balaban J connectivity index is 1.71. The van der Waals surface area contributed by atoms with E-state index in [4.69, 9.17) is 0 Å². The van der Waals surface area contributed by atoms with Crippen molar-refractivity contribution in [1.82, 2.24) is 15.5 Å². The Bertz CT molecular complexity index is 630. The van der Waals surface area contributed by atoms with Gasteiger partial charge in [0.2, 0.25) is 0 Å². The van der Waals surface area contributed by atoms with E-state index >= 15 is 0 Å². The summed E-state index contributed by atoms with van der Waals surface area (Å²) in [5.74, 6) is -0.0117. The van der Waals surface area contributed by atoms with Crippen molar-refractivity contribution in [3.05, 3.63) is 51.3 Å². The van der Waals surface area contributed by atoms with Crippen LogP contribution < -0.4 is 5.32 Å². The number of amides is 1. The molecule has 1 aromatic carbocycles. The molecule has 0 fully saturated rings. The molecule has 1 aliphatic carbocycles. The number of hydrogen-bond acceptors (Lipinski definition) is 2. The lowest BCUT2D eigenvalue weighted by atomic mass is 9.93. The molecule has 5 heteroatoms. The Morgan fingerprint density at radius 2 is 2.30 bits per heavy atom. The molecule has 0 spiro atoms. The number of aryl methyl sites for hydroxylation is 2. The van der Waals surface area contributed by atoms with Gasteiger partial charge in [-0.15, -0.1) is 0 Å². The summed E-state index contributed by atoms with van der Waals surface area (Å²) in [5.41, 5.74) is 4.19. The molecule has 2 N–H and O–H groups in total. The Kier molecular flexibility index (Phi) is 3.61. The first-order valence-electron chi connectivity index (χ1n) is 6.71. The number of benzene rings is 1. The molecule has 1 aliphatic rings. The summed E-state index contributed by atoms with van der Waals surface area (Å²) in [7, 11) is 0. The summed E-state index contributed by atoms with van der Waals surface area (Å²) in [6.45, 7) is 1.99. The van der Waals surface area contributed by atoms with Crippen LogP contribution in [-0.2, 0) is 12.8 Å². The number of aromatic amines is 1. The highest BCUT2D eigenvalue weighted by Gasteiger charge is 2.22. The lowest BCUT2D eigenvalue weighted by molar-refractivity contribution is 0.0933. The third kappa shape index (κ3) is 2.77. The normalized spacial score (nSPS) is 17.6. The molecule has 0 bridgehead atoms. The molecule has 0 radical (unpaired) electrons. The van der Waals surface area contributed by atoms with Crippen LogP contribution in [0.5, 0.6) is 0 Å². The molecule has 20 heavy (non-hydrogen) atoms. The summed E-state index contributed by atoms with van der Waals surface area (Å²) in [4.78, 5) is 12.3. The summed E-state index contributed by atoms with van der Waals surface area (Å²) in [6.07, 6.45) is 4.64. The topological polar surface area (TPSA) is 57.8 Å². The quantitative estimate of drug-likeness (QED) is 0.887. The van der Waals surface area contributed by atoms with Crippen molar-refractivity contribution in [2.75, 3.05) is 0 Å². The van der Waals surface area contributed by atoms with Crippen LogP contribution in [0.1, 0.15) is 33.6 Å². The zero-order chi connectivity index (χ0) is 14.1. The monoisotopic (exact) mass is 333 g/mol. The third-order valence-corrected chi connectivity index (χ3v) is 4.12. The average Bonchev–Trinajstić information content (AvgIpc) is 2.85. The molecule has 0 saturated heterocycles. The predicted molar refractivity (Wildman–Crippen MR) is 80.7 cm³/mol. The van der Waals surface area contributed by atoms with Crippen LogP contribution in [0.3, 0.4) is 0 Å². The number of carbonyl (C=O) groups is 1. The van der Waals surface area contributed by atoms with Crippen molar-refractivity contribution < 1.29 is 4.79 Å². The second kappa shape index (κ2) is 5.40. The van der Waals surface area contributed by atoms with E-state index in [0.717, 1.165) is 35.0 Å². The summed E-state index contributed by atoms with van der Waals surface area (Å²) < 4.78 is 0.933. The zero-order valence-electron chi connectivity index (χ0n) is 11.2. The average molecular weight is 334 g/mol. The van der Waals surface area contributed by atoms with E-state index in [9.17, 15) is 4.79 Å². The van der Waals surface area contributed by atoms with Gasteiger partial charge < -0.3 is 5.32 Å². The van der Waals surface area contributed by atoms with E-state index in [1.54, 1.807) is 0 Å². The number of halogens is 1. The molecule has 1 amide bonds. The SMILES string of the molecule is Cc1cc(Br)cc(C(=O)N[C@@H]2CCc3cn[nH]c3C2)c1. The molecule has 104 valence electrons. The number of nitrogens with zero attached hydrogens (tertiary/aromatic N) is 1. The highest BCUT2D eigenvalue weighted by atomic mass is 79.9. The summed E-state index contributed by atoms with van der Waals surface area (Å²) in [6, 6.07) is 5.93. The van der Waals surface area contributed by atoms with Crippen molar-refractivity contribution in [2.24, 2.45) is 0 Å². The van der Waals surface area contributed by atoms with Gasteiger partial charge in [-0.25, -0.2) is 0 Å². The fraction of sp³-hybridized carbons (Fsp3) is 0.333. The van der Waals surface area contributed by atoms with Crippen LogP contribution in [0.25, 0.3) is 0 Å². The molecule has 0 saturated carbocycles. The lowest BCUT2D eigenvalue weighted by Gasteiger charge is -2.22. The lowest BCUT2D eigenvalue weighted by Crippen LogP contribution is -2.38. The van der Waals surface area contributed by atoms with E-state index in [-0.39, 0.29) is 11.9 Å². The van der Waals surface area contributed by atoms with Crippen LogP contribution in [-0.4, -0.2) is 22.1 Å². The van der Waals surface area contributed by atoms with Crippen molar-refractivity contribution in [3.8, 4) is 0 Å². The van der Waals surface area contributed by atoms with E-state index in [0.29, 0.717) is 5.56 Å². The highest BCUT2D eigenvalue weighted by Crippen LogP contribution is 2.20. The van der Waals surface area contributed by atoms with Gasteiger partial charge in [0.1, 0.15) is 0 Å². The van der Waals surface area contributed by atoms with Crippen LogP contribution in [0.2, 0.25) is 0 Å². The van der Waals surface area contributed by atoms with E-state index < -0.39 is 0 Å².